The largest absolute Gasteiger partial charge is 0.349 e. The van der Waals surface area contributed by atoms with E-state index in [2.05, 4.69) is 59.4 Å². The number of hydrogen-bond donors (Lipinski definition) is 2. The number of nitrogens with one attached hydrogen (secondary N) is 2. The lowest BCUT2D eigenvalue weighted by Crippen LogP contribution is -2.55. The van der Waals surface area contributed by atoms with Crippen molar-refractivity contribution in [2.24, 2.45) is 5.92 Å². The number of halogens is 2. The maximum absolute atomic E-state index is 13.7. The fourth-order valence-electron chi connectivity index (χ4n) is 6.38. The summed E-state index contributed by atoms with van der Waals surface area (Å²) in [7, 11) is 0. The Balaban J connectivity index is 1.34. The second-order valence-electron chi connectivity index (χ2n) is 12.6. The molecule has 6 nitrogen and oxygen atoms in total. The number of rotatable bonds is 14. The van der Waals surface area contributed by atoms with Gasteiger partial charge in [0, 0.05) is 70.3 Å². The minimum Gasteiger partial charge on any atom is -0.349 e. The van der Waals surface area contributed by atoms with Crippen LogP contribution in [0, 0.1) is 19.8 Å². The van der Waals surface area contributed by atoms with E-state index in [0.717, 1.165) is 63.5 Å². The van der Waals surface area contributed by atoms with Gasteiger partial charge in [-0.2, -0.15) is 0 Å². The predicted molar refractivity (Wildman–Crippen MR) is 166 cm³/mol. The van der Waals surface area contributed by atoms with E-state index in [-0.39, 0.29) is 43.6 Å². The summed E-state index contributed by atoms with van der Waals surface area (Å²) in [6.45, 7) is 13.1. The molecule has 2 fully saturated rings. The van der Waals surface area contributed by atoms with E-state index >= 15 is 0 Å². The molecule has 232 valence electrons. The highest BCUT2D eigenvalue weighted by Gasteiger charge is 2.38. The molecular weight excluding hydrogens is 532 g/mol. The summed E-state index contributed by atoms with van der Waals surface area (Å²) in [6, 6.07) is 12.5. The zero-order valence-electron chi connectivity index (χ0n) is 25.9. The van der Waals surface area contributed by atoms with Crippen molar-refractivity contribution in [1.29, 1.82) is 0 Å². The van der Waals surface area contributed by atoms with Crippen molar-refractivity contribution in [2.75, 3.05) is 39.3 Å². The standard InChI is InChI=1S/C34H51F2N5O/c1-4-5-9-18-41(25-32-27(3)21-26(2)22-38-32)24-30-23-40(20-17-37-30)19-14-31(28-10-7-6-8-11-28)39-33(42)29-12-15-34(35,36)16-13-29/h6-8,10-11,21-22,29-31,37H,4-5,9,12-20,23-25H2,1-3H3,(H,39,42)/t30-,31+/m1/s1. The van der Waals surface area contributed by atoms with Gasteiger partial charge in [-0.25, -0.2) is 8.78 Å². The Morgan fingerprint density at radius 1 is 1.19 bits per heavy atom. The first-order valence-corrected chi connectivity index (χ1v) is 16.1. The summed E-state index contributed by atoms with van der Waals surface area (Å²) >= 11 is 0. The van der Waals surface area contributed by atoms with Gasteiger partial charge in [0.05, 0.1) is 11.7 Å². The summed E-state index contributed by atoms with van der Waals surface area (Å²) in [4.78, 5) is 22.9. The van der Waals surface area contributed by atoms with Crippen LogP contribution in [0.4, 0.5) is 8.78 Å². The van der Waals surface area contributed by atoms with Crippen LogP contribution >= 0.6 is 0 Å². The van der Waals surface area contributed by atoms with Gasteiger partial charge >= 0.3 is 0 Å². The number of carbonyl (C=O) groups excluding carboxylic acids is 1. The molecule has 2 heterocycles. The molecule has 8 heteroatoms. The molecule has 0 radical (unpaired) electrons. The topological polar surface area (TPSA) is 60.5 Å². The van der Waals surface area contributed by atoms with Gasteiger partial charge in [0.2, 0.25) is 11.8 Å². The summed E-state index contributed by atoms with van der Waals surface area (Å²) in [5.74, 6) is -3.04. The van der Waals surface area contributed by atoms with Crippen LogP contribution in [-0.4, -0.2) is 71.9 Å². The molecule has 1 aliphatic heterocycles. The van der Waals surface area contributed by atoms with E-state index in [1.807, 2.05) is 24.4 Å². The van der Waals surface area contributed by atoms with Gasteiger partial charge in [-0.1, -0.05) is 56.2 Å². The first-order valence-electron chi connectivity index (χ1n) is 16.1. The van der Waals surface area contributed by atoms with Crippen molar-refractivity contribution in [2.45, 2.75) is 96.7 Å². The number of alkyl halides is 2. The minimum atomic E-state index is -2.63. The van der Waals surface area contributed by atoms with Gasteiger partial charge in [0.25, 0.3) is 0 Å². The number of nitrogens with zero attached hydrogens (tertiary/aromatic N) is 3. The molecule has 0 bridgehead atoms. The summed E-state index contributed by atoms with van der Waals surface area (Å²) in [5.41, 5.74) is 4.68. The Morgan fingerprint density at radius 2 is 1.95 bits per heavy atom. The maximum Gasteiger partial charge on any atom is 0.248 e. The number of carbonyl (C=O) groups is 1. The molecule has 42 heavy (non-hydrogen) atoms. The van der Waals surface area contributed by atoms with E-state index in [4.69, 9.17) is 4.98 Å². The third-order valence-electron chi connectivity index (χ3n) is 8.93. The number of aromatic nitrogens is 1. The average Bonchev–Trinajstić information content (AvgIpc) is 2.97. The van der Waals surface area contributed by atoms with Crippen molar-refractivity contribution < 1.29 is 13.6 Å². The number of unbranched alkanes of at least 4 members (excludes halogenated alkanes) is 2. The summed E-state index contributed by atoms with van der Waals surface area (Å²) in [5, 5.41) is 6.98. The molecule has 1 saturated carbocycles. The van der Waals surface area contributed by atoms with Crippen LogP contribution in [0.25, 0.3) is 0 Å². The van der Waals surface area contributed by atoms with E-state index in [1.54, 1.807) is 0 Å². The molecule has 2 N–H and O–H groups in total. The van der Waals surface area contributed by atoms with Crippen molar-refractivity contribution in [1.82, 2.24) is 25.4 Å². The normalized spacial score (nSPS) is 20.5. The molecule has 0 unspecified atom stereocenters. The van der Waals surface area contributed by atoms with Crippen LogP contribution in [0.2, 0.25) is 0 Å². The van der Waals surface area contributed by atoms with Crippen LogP contribution in [0.1, 0.15) is 86.7 Å². The van der Waals surface area contributed by atoms with E-state index in [9.17, 15) is 13.6 Å². The van der Waals surface area contributed by atoms with Crippen LogP contribution in [0.5, 0.6) is 0 Å². The molecule has 2 aromatic rings. The molecular formula is C34H51F2N5O. The van der Waals surface area contributed by atoms with Crippen molar-refractivity contribution >= 4 is 5.91 Å². The van der Waals surface area contributed by atoms with E-state index in [1.165, 1.54) is 30.4 Å². The number of piperazine rings is 1. The lowest BCUT2D eigenvalue weighted by molar-refractivity contribution is -0.130. The first-order chi connectivity index (χ1) is 20.2. The molecule has 0 spiro atoms. The van der Waals surface area contributed by atoms with Crippen molar-refractivity contribution in [3.63, 3.8) is 0 Å². The molecule has 1 aromatic heterocycles. The van der Waals surface area contributed by atoms with Crippen LogP contribution in [-0.2, 0) is 11.3 Å². The van der Waals surface area contributed by atoms with Gasteiger partial charge in [0.1, 0.15) is 0 Å². The number of amides is 1. The second kappa shape index (κ2) is 15.9. The SMILES string of the molecule is CCCCCN(Cc1ncc(C)cc1C)C[C@H]1CN(CC[C@H](NC(=O)C2CCC(F)(F)CC2)c2ccccc2)CCN1. The number of benzene rings is 1. The highest BCUT2D eigenvalue weighted by atomic mass is 19.3. The highest BCUT2D eigenvalue weighted by Crippen LogP contribution is 2.36. The lowest BCUT2D eigenvalue weighted by atomic mass is 9.86. The Bertz CT molecular complexity index is 1100. The van der Waals surface area contributed by atoms with Gasteiger partial charge in [-0.05, 0) is 62.8 Å². The Hall–Kier alpha value is -2.42. The quantitative estimate of drug-likeness (QED) is 0.266. The molecule has 1 amide bonds. The zero-order chi connectivity index (χ0) is 30.0. The minimum absolute atomic E-state index is 0.0831. The smallest absolute Gasteiger partial charge is 0.248 e. The number of hydrogen-bond acceptors (Lipinski definition) is 5. The van der Waals surface area contributed by atoms with Crippen LogP contribution in [0.3, 0.4) is 0 Å². The molecule has 1 aliphatic carbocycles. The zero-order valence-corrected chi connectivity index (χ0v) is 25.9. The molecule has 2 aliphatic rings. The van der Waals surface area contributed by atoms with E-state index in [0.29, 0.717) is 6.04 Å². The fourth-order valence-corrected chi connectivity index (χ4v) is 6.38. The van der Waals surface area contributed by atoms with Gasteiger partial charge in [-0.15, -0.1) is 0 Å². The molecule has 1 saturated heterocycles. The predicted octanol–water partition coefficient (Wildman–Crippen LogP) is 6.04. The van der Waals surface area contributed by atoms with Crippen molar-refractivity contribution in [3.05, 3.63) is 65.0 Å². The highest BCUT2D eigenvalue weighted by molar-refractivity contribution is 5.79. The Morgan fingerprint density at radius 3 is 2.67 bits per heavy atom. The third kappa shape index (κ3) is 10.1. The molecule has 2 atom stereocenters. The number of aryl methyl sites for hydroxylation is 2. The monoisotopic (exact) mass is 583 g/mol. The fraction of sp³-hybridized carbons (Fsp3) is 0.647. The number of pyridine rings is 1. The van der Waals surface area contributed by atoms with Gasteiger partial charge in [0.15, 0.2) is 0 Å². The summed E-state index contributed by atoms with van der Waals surface area (Å²) in [6.07, 6.45) is 6.51. The third-order valence-corrected chi connectivity index (χ3v) is 8.93. The van der Waals surface area contributed by atoms with Crippen molar-refractivity contribution in [3.8, 4) is 0 Å². The average molecular weight is 584 g/mol. The lowest BCUT2D eigenvalue weighted by Gasteiger charge is -2.37. The molecule has 4 rings (SSSR count). The maximum atomic E-state index is 13.7. The Labute approximate surface area is 251 Å². The first kappa shape index (κ1) is 32.5. The summed E-state index contributed by atoms with van der Waals surface area (Å²) < 4.78 is 27.4. The van der Waals surface area contributed by atoms with Crippen LogP contribution < -0.4 is 10.6 Å². The van der Waals surface area contributed by atoms with Gasteiger partial charge in [-0.3, -0.25) is 14.7 Å². The molecule has 1 aromatic carbocycles. The second-order valence-corrected chi connectivity index (χ2v) is 12.6. The van der Waals surface area contributed by atoms with E-state index < -0.39 is 5.92 Å². The van der Waals surface area contributed by atoms with Crippen LogP contribution in [0.15, 0.2) is 42.6 Å². The Kier molecular flexibility index (Phi) is 12.3. The van der Waals surface area contributed by atoms with Gasteiger partial charge < -0.3 is 15.5 Å².